The molecule has 0 saturated heterocycles. The number of ether oxygens (including phenoxy) is 1. The maximum Gasteiger partial charge on any atom is 0.262 e. The molecule has 0 atom stereocenters. The lowest BCUT2D eigenvalue weighted by atomic mass is 10.0. The fourth-order valence-corrected chi connectivity index (χ4v) is 2.41. The Morgan fingerprint density at radius 2 is 1.88 bits per heavy atom. The summed E-state index contributed by atoms with van der Waals surface area (Å²) in [5.74, 6) is -0.868. The number of carbonyl (C=O) groups is 2. The van der Waals surface area contributed by atoms with Gasteiger partial charge in [-0.25, -0.2) is 4.39 Å². The van der Waals surface area contributed by atoms with E-state index in [9.17, 15) is 14.0 Å². The number of hydrogen-bond donors (Lipinski definition) is 2. The van der Waals surface area contributed by atoms with Crippen LogP contribution in [0.2, 0.25) is 0 Å². The van der Waals surface area contributed by atoms with Gasteiger partial charge in [-0.3, -0.25) is 9.59 Å². The summed E-state index contributed by atoms with van der Waals surface area (Å²) < 4.78 is 19.5. The number of rotatable bonds is 6. The molecular formula is C20H23FN2O3. The normalized spacial score (nSPS) is 10.7. The Morgan fingerprint density at radius 1 is 1.19 bits per heavy atom. The second kappa shape index (κ2) is 7.99. The molecule has 0 unspecified atom stereocenters. The zero-order chi connectivity index (χ0) is 19.4. The van der Waals surface area contributed by atoms with Crippen molar-refractivity contribution in [1.29, 1.82) is 0 Å². The topological polar surface area (TPSA) is 81.4 Å². The van der Waals surface area contributed by atoms with E-state index < -0.39 is 17.6 Å². The number of nitrogens with two attached hydrogens (primary N) is 1. The Morgan fingerprint density at radius 3 is 2.50 bits per heavy atom. The molecule has 0 aliphatic carbocycles. The molecule has 2 aromatic carbocycles. The summed E-state index contributed by atoms with van der Waals surface area (Å²) in [6.07, 6.45) is 0. The number of nitrogens with one attached hydrogen (secondary N) is 1. The van der Waals surface area contributed by atoms with Crippen molar-refractivity contribution in [2.45, 2.75) is 33.6 Å². The predicted octanol–water partition coefficient (Wildman–Crippen LogP) is 3.68. The van der Waals surface area contributed by atoms with E-state index in [-0.39, 0.29) is 23.4 Å². The summed E-state index contributed by atoms with van der Waals surface area (Å²) in [6.45, 7) is 7.32. The molecule has 6 heteroatoms. The van der Waals surface area contributed by atoms with Crippen molar-refractivity contribution in [3.05, 3.63) is 58.4 Å². The smallest absolute Gasteiger partial charge is 0.262 e. The van der Waals surface area contributed by atoms with E-state index in [1.165, 1.54) is 13.0 Å². The minimum Gasteiger partial charge on any atom is -0.483 e. The van der Waals surface area contributed by atoms with Gasteiger partial charge in [0.2, 0.25) is 5.91 Å². The van der Waals surface area contributed by atoms with Crippen LogP contribution in [0.4, 0.5) is 10.1 Å². The molecule has 0 aliphatic rings. The van der Waals surface area contributed by atoms with Gasteiger partial charge in [0.15, 0.2) is 6.61 Å². The van der Waals surface area contributed by atoms with E-state index in [4.69, 9.17) is 10.5 Å². The molecule has 2 aromatic rings. The van der Waals surface area contributed by atoms with Crippen LogP contribution < -0.4 is 15.8 Å². The molecule has 0 saturated carbocycles. The molecule has 2 rings (SSSR count). The van der Waals surface area contributed by atoms with E-state index in [1.54, 1.807) is 0 Å². The Kier molecular flexibility index (Phi) is 5.97. The average Bonchev–Trinajstić information content (AvgIpc) is 2.57. The first-order valence-electron chi connectivity index (χ1n) is 8.32. The SMILES string of the molecule is Cc1ccc(C(C)C)cc1OCC(=O)Nc1cc(C(N)=O)cc(F)c1C. The highest BCUT2D eigenvalue weighted by Gasteiger charge is 2.14. The highest BCUT2D eigenvalue weighted by Crippen LogP contribution is 2.25. The number of halogens is 1. The van der Waals surface area contributed by atoms with Crippen LogP contribution in [-0.2, 0) is 4.79 Å². The van der Waals surface area contributed by atoms with E-state index in [0.29, 0.717) is 11.7 Å². The number of aryl methyl sites for hydroxylation is 1. The molecule has 0 heterocycles. The summed E-state index contributed by atoms with van der Waals surface area (Å²) >= 11 is 0. The third-order valence-electron chi connectivity index (χ3n) is 4.14. The van der Waals surface area contributed by atoms with Gasteiger partial charge in [0.1, 0.15) is 11.6 Å². The maximum atomic E-state index is 13.9. The van der Waals surface area contributed by atoms with E-state index in [2.05, 4.69) is 19.2 Å². The van der Waals surface area contributed by atoms with Gasteiger partial charge in [-0.2, -0.15) is 0 Å². The van der Waals surface area contributed by atoms with Crippen LogP contribution in [0.5, 0.6) is 5.75 Å². The van der Waals surface area contributed by atoms with Crippen LogP contribution in [0, 0.1) is 19.7 Å². The monoisotopic (exact) mass is 358 g/mol. The van der Waals surface area contributed by atoms with Crippen molar-refractivity contribution in [3.8, 4) is 5.75 Å². The molecule has 3 N–H and O–H groups in total. The van der Waals surface area contributed by atoms with Gasteiger partial charge < -0.3 is 15.8 Å². The Labute approximate surface area is 152 Å². The van der Waals surface area contributed by atoms with Gasteiger partial charge in [-0.15, -0.1) is 0 Å². The highest BCUT2D eigenvalue weighted by atomic mass is 19.1. The second-order valence-corrected chi connectivity index (χ2v) is 6.51. The minimum absolute atomic E-state index is 0.00945. The molecule has 2 amide bonds. The molecule has 0 radical (unpaired) electrons. The van der Waals surface area contributed by atoms with Crippen LogP contribution in [0.15, 0.2) is 30.3 Å². The van der Waals surface area contributed by atoms with Gasteiger partial charge in [-0.05, 0) is 49.1 Å². The maximum absolute atomic E-state index is 13.9. The number of primary amides is 1. The lowest BCUT2D eigenvalue weighted by Crippen LogP contribution is -2.22. The summed E-state index contributed by atoms with van der Waals surface area (Å²) in [5.41, 5.74) is 7.61. The number of anilines is 1. The van der Waals surface area contributed by atoms with Crippen molar-refractivity contribution in [2.24, 2.45) is 5.73 Å². The lowest BCUT2D eigenvalue weighted by Gasteiger charge is -2.14. The number of amides is 2. The standard InChI is InChI=1S/C20H23FN2O3/c1-11(2)14-6-5-12(3)18(9-14)26-10-19(24)23-17-8-15(20(22)25)7-16(21)13(17)4/h5-9,11H,10H2,1-4H3,(H2,22,25)(H,23,24). The Bertz CT molecular complexity index is 847. The molecule has 5 nitrogen and oxygen atoms in total. The number of benzene rings is 2. The number of carbonyl (C=O) groups excluding carboxylic acids is 2. The molecule has 138 valence electrons. The van der Waals surface area contributed by atoms with Crippen LogP contribution in [0.1, 0.15) is 46.8 Å². The van der Waals surface area contributed by atoms with Gasteiger partial charge >= 0.3 is 0 Å². The molecule has 0 fully saturated rings. The fraction of sp³-hybridized carbons (Fsp3) is 0.300. The van der Waals surface area contributed by atoms with E-state index in [0.717, 1.165) is 17.2 Å². The summed E-state index contributed by atoms with van der Waals surface area (Å²) in [6, 6.07) is 8.27. The zero-order valence-corrected chi connectivity index (χ0v) is 15.4. The molecule has 0 aromatic heterocycles. The minimum atomic E-state index is -0.767. The van der Waals surface area contributed by atoms with Crippen LogP contribution >= 0.6 is 0 Å². The first-order chi connectivity index (χ1) is 12.2. The average molecular weight is 358 g/mol. The van der Waals surface area contributed by atoms with Gasteiger partial charge in [0, 0.05) is 16.8 Å². The largest absolute Gasteiger partial charge is 0.483 e. The van der Waals surface area contributed by atoms with Crippen molar-refractivity contribution in [1.82, 2.24) is 0 Å². The van der Waals surface area contributed by atoms with Crippen molar-refractivity contribution in [3.63, 3.8) is 0 Å². The number of hydrogen-bond acceptors (Lipinski definition) is 3. The van der Waals surface area contributed by atoms with Crippen LogP contribution in [-0.4, -0.2) is 18.4 Å². The predicted molar refractivity (Wildman–Crippen MR) is 99.0 cm³/mol. The van der Waals surface area contributed by atoms with Crippen molar-refractivity contribution in [2.75, 3.05) is 11.9 Å². The van der Waals surface area contributed by atoms with Gasteiger partial charge in [-0.1, -0.05) is 26.0 Å². The third-order valence-corrected chi connectivity index (χ3v) is 4.14. The first-order valence-corrected chi connectivity index (χ1v) is 8.32. The fourth-order valence-electron chi connectivity index (χ4n) is 2.41. The van der Waals surface area contributed by atoms with Crippen LogP contribution in [0.3, 0.4) is 0 Å². The highest BCUT2D eigenvalue weighted by molar-refractivity contribution is 5.97. The molecule has 0 bridgehead atoms. The zero-order valence-electron chi connectivity index (χ0n) is 15.4. The van der Waals surface area contributed by atoms with Crippen LogP contribution in [0.25, 0.3) is 0 Å². The van der Waals surface area contributed by atoms with E-state index >= 15 is 0 Å². The quantitative estimate of drug-likeness (QED) is 0.826. The Hall–Kier alpha value is -2.89. The first kappa shape index (κ1) is 19.4. The summed E-state index contributed by atoms with van der Waals surface area (Å²) in [5, 5.41) is 2.56. The molecular weight excluding hydrogens is 335 g/mol. The molecule has 0 spiro atoms. The second-order valence-electron chi connectivity index (χ2n) is 6.51. The Balaban J connectivity index is 2.11. The van der Waals surface area contributed by atoms with Gasteiger partial charge in [0.05, 0.1) is 0 Å². The van der Waals surface area contributed by atoms with Gasteiger partial charge in [0.25, 0.3) is 5.91 Å². The molecule has 26 heavy (non-hydrogen) atoms. The summed E-state index contributed by atoms with van der Waals surface area (Å²) in [4.78, 5) is 23.4. The van der Waals surface area contributed by atoms with Crippen molar-refractivity contribution < 1.29 is 18.7 Å². The third kappa shape index (κ3) is 4.59. The summed E-state index contributed by atoms with van der Waals surface area (Å²) in [7, 11) is 0. The van der Waals surface area contributed by atoms with E-state index in [1.807, 2.05) is 25.1 Å². The molecule has 0 aliphatic heterocycles. The lowest BCUT2D eigenvalue weighted by molar-refractivity contribution is -0.118. The van der Waals surface area contributed by atoms with Crippen molar-refractivity contribution >= 4 is 17.5 Å².